The van der Waals surface area contributed by atoms with Crippen molar-refractivity contribution in [3.05, 3.63) is 69.1 Å². The van der Waals surface area contributed by atoms with E-state index in [1.807, 2.05) is 0 Å². The number of nitro groups is 1. The molecule has 0 amide bonds. The van der Waals surface area contributed by atoms with E-state index in [2.05, 4.69) is 0 Å². The van der Waals surface area contributed by atoms with Crippen molar-refractivity contribution in [3.8, 4) is 0 Å². The first-order valence-electron chi connectivity index (χ1n) is 5.28. The molecule has 0 N–H and O–H groups in total. The summed E-state index contributed by atoms with van der Waals surface area (Å²) in [5.74, 6) is -0.208. The van der Waals surface area contributed by atoms with E-state index in [0.29, 0.717) is 5.02 Å². The van der Waals surface area contributed by atoms with Crippen molar-refractivity contribution < 1.29 is 14.1 Å². The van der Waals surface area contributed by atoms with Gasteiger partial charge >= 0.3 is 0 Å². The van der Waals surface area contributed by atoms with E-state index in [1.54, 1.807) is 6.07 Å². The van der Waals surface area contributed by atoms with Crippen LogP contribution in [0.4, 0.5) is 5.69 Å². The molecule has 0 aliphatic rings. The smallest absolute Gasteiger partial charge is 0.276 e. The third-order valence-electron chi connectivity index (χ3n) is 2.36. The molecule has 1 aromatic heterocycles. The molecule has 5 nitrogen and oxygen atoms in total. The molecule has 0 atom stereocenters. The van der Waals surface area contributed by atoms with E-state index >= 15 is 0 Å². The molecule has 0 saturated heterocycles. The molecule has 2 rings (SSSR count). The first kappa shape index (κ1) is 13.0. The van der Waals surface area contributed by atoms with Gasteiger partial charge in [0.1, 0.15) is 0 Å². The Bertz CT molecular complexity index is 647. The van der Waals surface area contributed by atoms with E-state index in [-0.39, 0.29) is 22.8 Å². The van der Waals surface area contributed by atoms with Crippen molar-refractivity contribution in [1.29, 1.82) is 0 Å². The Morgan fingerprint density at radius 3 is 2.79 bits per heavy atom. The summed E-state index contributed by atoms with van der Waals surface area (Å²) in [4.78, 5) is 22.0. The molecule has 0 spiro atoms. The largest absolute Gasteiger partial charge is 0.461 e. The van der Waals surface area contributed by atoms with Gasteiger partial charge in [-0.3, -0.25) is 14.9 Å². The van der Waals surface area contributed by atoms with E-state index in [0.717, 1.165) is 0 Å². The van der Waals surface area contributed by atoms with Gasteiger partial charge in [0.15, 0.2) is 5.76 Å². The first-order valence-corrected chi connectivity index (χ1v) is 5.65. The number of rotatable bonds is 4. The zero-order valence-electron chi connectivity index (χ0n) is 9.58. The van der Waals surface area contributed by atoms with Crippen LogP contribution in [-0.2, 0) is 0 Å². The lowest BCUT2D eigenvalue weighted by atomic mass is 10.1. The lowest BCUT2D eigenvalue weighted by Gasteiger charge is -1.98. The van der Waals surface area contributed by atoms with E-state index < -0.39 is 4.92 Å². The topological polar surface area (TPSA) is 73.3 Å². The molecule has 0 saturated carbocycles. The fourth-order valence-electron chi connectivity index (χ4n) is 1.49. The van der Waals surface area contributed by atoms with Gasteiger partial charge in [-0.2, -0.15) is 0 Å². The third-order valence-corrected chi connectivity index (χ3v) is 2.60. The summed E-state index contributed by atoms with van der Waals surface area (Å²) in [6.07, 6.45) is 3.93. The van der Waals surface area contributed by atoms with Gasteiger partial charge in [-0.25, -0.2) is 0 Å². The van der Waals surface area contributed by atoms with Crippen LogP contribution in [0.5, 0.6) is 0 Å². The number of nitrogens with zero attached hydrogens (tertiary/aromatic N) is 1. The monoisotopic (exact) mass is 277 g/mol. The number of carbonyl (C=O) groups excluding carboxylic acids is 1. The molecule has 0 radical (unpaired) electrons. The summed E-state index contributed by atoms with van der Waals surface area (Å²) in [6.45, 7) is 0. The predicted molar refractivity (Wildman–Crippen MR) is 70.2 cm³/mol. The summed E-state index contributed by atoms with van der Waals surface area (Å²) in [7, 11) is 0. The number of carbonyl (C=O) groups is 1. The Labute approximate surface area is 113 Å². The van der Waals surface area contributed by atoms with Gasteiger partial charge in [-0.05, 0) is 36.4 Å². The van der Waals surface area contributed by atoms with Gasteiger partial charge in [0.05, 0.1) is 16.7 Å². The SMILES string of the molecule is O=C(/C=C/c1cc(Cl)ccc1[N+](=O)[O-])c1ccco1. The number of nitro benzene ring substituents is 1. The minimum Gasteiger partial charge on any atom is -0.461 e. The average Bonchev–Trinajstić information content (AvgIpc) is 2.89. The molecule has 0 bridgehead atoms. The van der Waals surface area contributed by atoms with Crippen LogP contribution in [-0.4, -0.2) is 10.7 Å². The summed E-state index contributed by atoms with van der Waals surface area (Å²) >= 11 is 5.78. The maximum Gasteiger partial charge on any atom is 0.276 e. The highest BCUT2D eigenvalue weighted by molar-refractivity contribution is 6.30. The van der Waals surface area contributed by atoms with Crippen LogP contribution in [0.15, 0.2) is 47.1 Å². The number of furan rings is 1. The highest BCUT2D eigenvalue weighted by Crippen LogP contribution is 2.24. The minimum atomic E-state index is -0.534. The van der Waals surface area contributed by atoms with Crippen LogP contribution in [0.2, 0.25) is 5.02 Å². The van der Waals surface area contributed by atoms with Crippen molar-refractivity contribution >= 4 is 29.1 Å². The number of halogens is 1. The number of hydrogen-bond acceptors (Lipinski definition) is 4. The lowest BCUT2D eigenvalue weighted by Crippen LogP contribution is -1.93. The van der Waals surface area contributed by atoms with Gasteiger partial charge in [0, 0.05) is 11.1 Å². The number of allylic oxidation sites excluding steroid dienone is 1. The normalized spacial score (nSPS) is 10.8. The van der Waals surface area contributed by atoms with Crippen LogP contribution >= 0.6 is 11.6 Å². The highest BCUT2D eigenvalue weighted by atomic mass is 35.5. The van der Waals surface area contributed by atoms with Crippen molar-refractivity contribution in [3.63, 3.8) is 0 Å². The summed E-state index contributed by atoms with van der Waals surface area (Å²) in [6, 6.07) is 7.23. The second-order valence-corrected chi connectivity index (χ2v) is 4.07. The number of hydrogen-bond donors (Lipinski definition) is 0. The number of ketones is 1. The Morgan fingerprint density at radius 1 is 1.37 bits per heavy atom. The molecular formula is C13H8ClNO4. The minimum absolute atomic E-state index is 0.118. The molecule has 0 aliphatic heterocycles. The van der Waals surface area contributed by atoms with Crippen molar-refractivity contribution in [2.75, 3.05) is 0 Å². The third kappa shape index (κ3) is 3.08. The van der Waals surface area contributed by atoms with Gasteiger partial charge in [-0.15, -0.1) is 0 Å². The van der Waals surface area contributed by atoms with Crippen LogP contribution in [0.1, 0.15) is 16.1 Å². The molecule has 0 aliphatic carbocycles. The molecule has 0 unspecified atom stereocenters. The fourth-order valence-corrected chi connectivity index (χ4v) is 1.67. The Kier molecular flexibility index (Phi) is 3.77. The Morgan fingerprint density at radius 2 is 2.16 bits per heavy atom. The van der Waals surface area contributed by atoms with Gasteiger partial charge in [0.25, 0.3) is 5.69 Å². The second kappa shape index (κ2) is 5.49. The summed E-state index contributed by atoms with van der Waals surface area (Å²) < 4.78 is 4.92. The highest BCUT2D eigenvalue weighted by Gasteiger charge is 2.12. The quantitative estimate of drug-likeness (QED) is 0.369. The molecule has 0 fully saturated rings. The van der Waals surface area contributed by atoms with Crippen LogP contribution in [0.25, 0.3) is 6.08 Å². The molecule has 6 heteroatoms. The average molecular weight is 278 g/mol. The Hall–Kier alpha value is -2.40. The maximum atomic E-state index is 11.7. The second-order valence-electron chi connectivity index (χ2n) is 3.64. The van der Waals surface area contributed by atoms with E-state index in [4.69, 9.17) is 16.0 Å². The lowest BCUT2D eigenvalue weighted by molar-refractivity contribution is -0.385. The molecule has 96 valence electrons. The molecule has 19 heavy (non-hydrogen) atoms. The summed E-state index contributed by atoms with van der Waals surface area (Å²) in [5.41, 5.74) is 0.144. The molecular weight excluding hydrogens is 270 g/mol. The Balaban J connectivity index is 2.30. The van der Waals surface area contributed by atoms with Crippen molar-refractivity contribution in [1.82, 2.24) is 0 Å². The van der Waals surface area contributed by atoms with Gasteiger partial charge in [0.2, 0.25) is 5.78 Å². The number of benzene rings is 1. The molecule has 1 aromatic carbocycles. The molecule has 1 heterocycles. The molecule has 2 aromatic rings. The maximum absolute atomic E-state index is 11.7. The van der Waals surface area contributed by atoms with Crippen LogP contribution in [0, 0.1) is 10.1 Å². The van der Waals surface area contributed by atoms with Crippen molar-refractivity contribution in [2.24, 2.45) is 0 Å². The summed E-state index contributed by atoms with van der Waals surface area (Å²) in [5, 5.41) is 11.2. The standard InChI is InChI=1S/C13H8ClNO4/c14-10-4-5-11(15(17)18)9(8-10)3-6-12(16)13-2-1-7-19-13/h1-8H/b6-3+. The predicted octanol–water partition coefficient (Wildman–Crippen LogP) is 3.74. The fraction of sp³-hybridized carbons (Fsp3) is 0. The van der Waals surface area contributed by atoms with Crippen LogP contribution < -0.4 is 0 Å². The van der Waals surface area contributed by atoms with Crippen LogP contribution in [0.3, 0.4) is 0 Å². The first-order chi connectivity index (χ1) is 9.08. The van der Waals surface area contributed by atoms with Gasteiger partial charge < -0.3 is 4.42 Å². The van der Waals surface area contributed by atoms with Crippen molar-refractivity contribution in [2.45, 2.75) is 0 Å². The van der Waals surface area contributed by atoms with E-state index in [9.17, 15) is 14.9 Å². The van der Waals surface area contributed by atoms with Gasteiger partial charge in [-0.1, -0.05) is 11.6 Å². The zero-order chi connectivity index (χ0) is 13.8. The zero-order valence-corrected chi connectivity index (χ0v) is 10.3. The van der Waals surface area contributed by atoms with E-state index in [1.165, 1.54) is 42.7 Å².